The molecule has 0 radical (unpaired) electrons. The normalized spacial score (nSPS) is 17.6. The molecule has 1 aromatic heterocycles. The molecule has 4 rings (SSSR count). The molecule has 2 nitrogen and oxygen atoms in total. The van der Waals surface area contributed by atoms with Crippen LogP contribution in [-0.4, -0.2) is 9.55 Å². The van der Waals surface area contributed by atoms with E-state index in [1.54, 1.807) is 0 Å². The lowest BCUT2D eigenvalue weighted by Gasteiger charge is -2.18. The first-order valence-electron chi connectivity index (χ1n) is 6.61. The lowest BCUT2D eigenvalue weighted by molar-refractivity contribution is 0.751. The van der Waals surface area contributed by atoms with E-state index < -0.39 is 0 Å². The zero-order valence-corrected chi connectivity index (χ0v) is 10.5. The summed E-state index contributed by atoms with van der Waals surface area (Å²) in [6.45, 7) is 0. The van der Waals surface area contributed by atoms with Gasteiger partial charge in [0.15, 0.2) is 0 Å². The molecule has 0 aliphatic carbocycles. The van der Waals surface area contributed by atoms with Crippen molar-refractivity contribution >= 4 is 17.2 Å². The van der Waals surface area contributed by atoms with Crippen LogP contribution in [0.5, 0.6) is 0 Å². The van der Waals surface area contributed by atoms with Crippen molar-refractivity contribution < 1.29 is 0 Å². The van der Waals surface area contributed by atoms with Gasteiger partial charge in [-0.25, -0.2) is 4.98 Å². The fourth-order valence-corrected chi connectivity index (χ4v) is 2.79. The summed E-state index contributed by atoms with van der Waals surface area (Å²) in [6.07, 6.45) is 5.40. The Bertz CT molecular complexity index is 753. The van der Waals surface area contributed by atoms with E-state index in [1.165, 1.54) is 11.1 Å². The third-order valence-corrected chi connectivity index (χ3v) is 3.77. The smallest absolute Gasteiger partial charge is 0.114 e. The van der Waals surface area contributed by atoms with Crippen LogP contribution < -0.4 is 0 Å². The van der Waals surface area contributed by atoms with Crippen molar-refractivity contribution in [3.05, 3.63) is 72.1 Å². The van der Waals surface area contributed by atoms with E-state index in [1.807, 2.05) is 6.07 Å². The SMILES string of the molecule is C1=Cn2c(nc3ccccc32)CC1c1ccccc1. The minimum Gasteiger partial charge on any atom is -0.303 e. The second kappa shape index (κ2) is 4.09. The Hall–Kier alpha value is -2.35. The van der Waals surface area contributed by atoms with Gasteiger partial charge in [0.05, 0.1) is 11.0 Å². The van der Waals surface area contributed by atoms with Gasteiger partial charge in [0.1, 0.15) is 5.82 Å². The molecule has 1 unspecified atom stereocenters. The van der Waals surface area contributed by atoms with Gasteiger partial charge >= 0.3 is 0 Å². The van der Waals surface area contributed by atoms with E-state index in [0.717, 1.165) is 17.8 Å². The highest BCUT2D eigenvalue weighted by Gasteiger charge is 2.18. The monoisotopic (exact) mass is 246 g/mol. The quantitative estimate of drug-likeness (QED) is 0.637. The van der Waals surface area contributed by atoms with Crippen molar-refractivity contribution in [2.45, 2.75) is 12.3 Å². The first-order chi connectivity index (χ1) is 9.42. The third kappa shape index (κ3) is 1.68. The average molecular weight is 246 g/mol. The summed E-state index contributed by atoms with van der Waals surface area (Å²) >= 11 is 0. The molecule has 2 heterocycles. The van der Waals surface area contributed by atoms with Crippen LogP contribution >= 0.6 is 0 Å². The molecular weight excluding hydrogens is 232 g/mol. The first-order valence-corrected chi connectivity index (χ1v) is 6.61. The summed E-state index contributed by atoms with van der Waals surface area (Å²) in [5.74, 6) is 1.59. The van der Waals surface area contributed by atoms with Crippen molar-refractivity contribution in [3.8, 4) is 0 Å². The van der Waals surface area contributed by atoms with Crippen LogP contribution in [0.1, 0.15) is 17.3 Å². The van der Waals surface area contributed by atoms with Gasteiger partial charge in [-0.2, -0.15) is 0 Å². The standard InChI is InChI=1S/C17H14N2/c1-2-6-13(7-3-1)14-10-11-19-16-9-5-4-8-15(16)18-17(19)12-14/h1-11,14H,12H2. The van der Waals surface area contributed by atoms with Gasteiger partial charge < -0.3 is 4.57 Å². The van der Waals surface area contributed by atoms with Gasteiger partial charge in [-0.1, -0.05) is 48.5 Å². The van der Waals surface area contributed by atoms with Crippen molar-refractivity contribution in [3.63, 3.8) is 0 Å². The number of nitrogens with zero attached hydrogens (tertiary/aromatic N) is 2. The van der Waals surface area contributed by atoms with E-state index >= 15 is 0 Å². The van der Waals surface area contributed by atoms with Crippen molar-refractivity contribution in [1.29, 1.82) is 0 Å². The minimum atomic E-state index is 0.436. The molecule has 19 heavy (non-hydrogen) atoms. The van der Waals surface area contributed by atoms with Crippen LogP contribution in [0.4, 0.5) is 0 Å². The lowest BCUT2D eigenvalue weighted by atomic mass is 9.94. The lowest BCUT2D eigenvalue weighted by Crippen LogP contribution is -2.09. The molecular formula is C17H14N2. The van der Waals surface area contributed by atoms with Gasteiger partial charge in [-0.05, 0) is 17.7 Å². The number of imidazole rings is 1. The number of hydrogen-bond acceptors (Lipinski definition) is 1. The van der Waals surface area contributed by atoms with Crippen LogP contribution in [0, 0.1) is 0 Å². The largest absolute Gasteiger partial charge is 0.303 e. The molecule has 0 fully saturated rings. The molecule has 3 aromatic rings. The molecule has 0 amide bonds. The van der Waals surface area contributed by atoms with E-state index in [0.29, 0.717) is 5.92 Å². The van der Waals surface area contributed by atoms with Crippen molar-refractivity contribution in [2.75, 3.05) is 0 Å². The van der Waals surface area contributed by atoms with Crippen LogP contribution in [-0.2, 0) is 6.42 Å². The third-order valence-electron chi connectivity index (χ3n) is 3.77. The summed E-state index contributed by atoms with van der Waals surface area (Å²) < 4.78 is 2.20. The summed E-state index contributed by atoms with van der Waals surface area (Å²) in [4.78, 5) is 4.74. The number of benzene rings is 2. The highest BCUT2D eigenvalue weighted by atomic mass is 15.1. The van der Waals surface area contributed by atoms with E-state index in [-0.39, 0.29) is 0 Å². The number of allylic oxidation sites excluding steroid dienone is 1. The first kappa shape index (κ1) is 10.6. The van der Waals surface area contributed by atoms with Gasteiger partial charge in [0.25, 0.3) is 0 Å². The van der Waals surface area contributed by atoms with Gasteiger partial charge in [-0.3, -0.25) is 0 Å². The summed E-state index contributed by atoms with van der Waals surface area (Å²) in [5, 5.41) is 0. The maximum Gasteiger partial charge on any atom is 0.114 e. The zero-order chi connectivity index (χ0) is 12.7. The summed E-state index contributed by atoms with van der Waals surface area (Å²) in [5.41, 5.74) is 3.63. The molecule has 1 aliphatic heterocycles. The summed E-state index contributed by atoms with van der Waals surface area (Å²) in [6, 6.07) is 18.9. The van der Waals surface area contributed by atoms with E-state index in [9.17, 15) is 0 Å². The topological polar surface area (TPSA) is 17.8 Å². The molecule has 0 spiro atoms. The molecule has 2 heteroatoms. The van der Waals surface area contributed by atoms with Crippen LogP contribution in [0.2, 0.25) is 0 Å². The van der Waals surface area contributed by atoms with Gasteiger partial charge in [-0.15, -0.1) is 0 Å². The Balaban J connectivity index is 1.79. The predicted molar refractivity (Wildman–Crippen MR) is 78.0 cm³/mol. The fourth-order valence-electron chi connectivity index (χ4n) is 2.79. The van der Waals surface area contributed by atoms with Gasteiger partial charge in [0.2, 0.25) is 0 Å². The Morgan fingerprint density at radius 1 is 0.947 bits per heavy atom. The molecule has 0 bridgehead atoms. The number of para-hydroxylation sites is 2. The zero-order valence-electron chi connectivity index (χ0n) is 10.5. The fraction of sp³-hybridized carbons (Fsp3) is 0.118. The van der Waals surface area contributed by atoms with Crippen LogP contribution in [0.3, 0.4) is 0 Å². The number of aromatic nitrogens is 2. The number of hydrogen-bond donors (Lipinski definition) is 0. The number of fused-ring (bicyclic) bond motifs is 3. The Morgan fingerprint density at radius 3 is 2.63 bits per heavy atom. The maximum atomic E-state index is 4.74. The second-order valence-electron chi connectivity index (χ2n) is 4.95. The second-order valence-corrected chi connectivity index (χ2v) is 4.95. The highest BCUT2D eigenvalue weighted by molar-refractivity contribution is 5.78. The summed E-state index contributed by atoms with van der Waals surface area (Å²) in [7, 11) is 0. The molecule has 2 aromatic carbocycles. The Labute approximate surface area is 112 Å². The van der Waals surface area contributed by atoms with E-state index in [4.69, 9.17) is 4.98 Å². The van der Waals surface area contributed by atoms with Crippen molar-refractivity contribution in [1.82, 2.24) is 9.55 Å². The predicted octanol–water partition coefficient (Wildman–Crippen LogP) is 3.85. The molecule has 1 aliphatic rings. The Morgan fingerprint density at radius 2 is 1.74 bits per heavy atom. The molecule has 0 saturated carbocycles. The average Bonchev–Trinajstić information content (AvgIpc) is 2.86. The molecule has 0 N–H and O–H groups in total. The van der Waals surface area contributed by atoms with Crippen molar-refractivity contribution in [2.24, 2.45) is 0 Å². The van der Waals surface area contributed by atoms with Crippen LogP contribution in [0.15, 0.2) is 60.7 Å². The number of rotatable bonds is 1. The van der Waals surface area contributed by atoms with Crippen LogP contribution in [0.25, 0.3) is 17.2 Å². The van der Waals surface area contributed by atoms with Gasteiger partial charge in [0, 0.05) is 18.5 Å². The molecule has 92 valence electrons. The van der Waals surface area contributed by atoms with E-state index in [2.05, 4.69) is 65.4 Å². The highest BCUT2D eigenvalue weighted by Crippen LogP contribution is 2.29. The minimum absolute atomic E-state index is 0.436. The Kier molecular flexibility index (Phi) is 2.27. The maximum absolute atomic E-state index is 4.74. The molecule has 1 atom stereocenters. The molecule has 0 saturated heterocycles.